The van der Waals surface area contributed by atoms with Crippen molar-refractivity contribution >= 4 is 5.91 Å². The average molecular weight is 216 g/mol. The Morgan fingerprint density at radius 1 is 1.47 bits per heavy atom. The number of hydrogen-bond donors (Lipinski definition) is 3. The van der Waals surface area contributed by atoms with E-state index in [2.05, 4.69) is 5.32 Å². The molecule has 0 aromatic rings. The Kier molecular flexibility index (Phi) is 5.83. The fourth-order valence-electron chi connectivity index (χ4n) is 1.10. The lowest BCUT2D eigenvalue weighted by molar-refractivity contribution is -0.124. The molecule has 0 rings (SSSR count). The highest BCUT2D eigenvalue weighted by Crippen LogP contribution is 2.17. The maximum Gasteiger partial charge on any atom is 0.237 e. The van der Waals surface area contributed by atoms with Crippen LogP contribution in [-0.2, 0) is 4.79 Å². The van der Waals surface area contributed by atoms with E-state index in [1.165, 1.54) is 0 Å². The molecule has 4 heteroatoms. The quantitative estimate of drug-likeness (QED) is 0.626. The fourth-order valence-corrected chi connectivity index (χ4v) is 1.10. The smallest absolute Gasteiger partial charge is 0.237 e. The first kappa shape index (κ1) is 14.4. The predicted octanol–water partition coefficient (Wildman–Crippen LogP) is 0.494. The highest BCUT2D eigenvalue weighted by atomic mass is 16.3. The summed E-state index contributed by atoms with van der Waals surface area (Å²) in [6.07, 6.45) is 0.699. The van der Waals surface area contributed by atoms with Gasteiger partial charge in [-0.15, -0.1) is 0 Å². The fraction of sp³-hybridized carbons (Fsp3) is 0.909. The normalized spacial score (nSPS) is 15.9. The SMILES string of the molecule is CC(CCO)CNC(=O)C(N)C(C)(C)C. The van der Waals surface area contributed by atoms with Gasteiger partial charge in [0.05, 0.1) is 6.04 Å². The molecule has 0 aromatic carbocycles. The van der Waals surface area contributed by atoms with Crippen LogP contribution in [0.2, 0.25) is 0 Å². The summed E-state index contributed by atoms with van der Waals surface area (Å²) in [6, 6.07) is -0.487. The van der Waals surface area contributed by atoms with Gasteiger partial charge < -0.3 is 16.2 Å². The van der Waals surface area contributed by atoms with Gasteiger partial charge in [0.15, 0.2) is 0 Å². The largest absolute Gasteiger partial charge is 0.396 e. The highest BCUT2D eigenvalue weighted by Gasteiger charge is 2.27. The Bertz CT molecular complexity index is 199. The molecule has 2 unspecified atom stereocenters. The zero-order valence-electron chi connectivity index (χ0n) is 10.2. The average Bonchev–Trinajstić information content (AvgIpc) is 2.12. The number of aliphatic hydroxyl groups excluding tert-OH is 1. The number of nitrogens with two attached hydrogens (primary N) is 1. The van der Waals surface area contributed by atoms with E-state index in [0.717, 1.165) is 0 Å². The van der Waals surface area contributed by atoms with Gasteiger partial charge in [-0.3, -0.25) is 4.79 Å². The zero-order valence-corrected chi connectivity index (χ0v) is 10.2. The zero-order chi connectivity index (χ0) is 12.1. The summed E-state index contributed by atoms with van der Waals surface area (Å²) in [5.41, 5.74) is 5.58. The molecule has 0 aromatic heterocycles. The van der Waals surface area contributed by atoms with Crippen molar-refractivity contribution in [3.05, 3.63) is 0 Å². The van der Waals surface area contributed by atoms with Crippen LogP contribution < -0.4 is 11.1 Å². The number of amides is 1. The molecule has 15 heavy (non-hydrogen) atoms. The van der Waals surface area contributed by atoms with E-state index in [4.69, 9.17) is 10.8 Å². The Labute approximate surface area is 92.2 Å². The van der Waals surface area contributed by atoms with Crippen molar-refractivity contribution in [2.45, 2.75) is 40.2 Å². The molecule has 90 valence electrons. The molecule has 0 saturated heterocycles. The molecule has 0 aliphatic rings. The van der Waals surface area contributed by atoms with Gasteiger partial charge in [0.1, 0.15) is 0 Å². The van der Waals surface area contributed by atoms with Gasteiger partial charge >= 0.3 is 0 Å². The lowest BCUT2D eigenvalue weighted by Crippen LogP contribution is -2.49. The molecule has 4 nitrogen and oxygen atoms in total. The van der Waals surface area contributed by atoms with Crippen molar-refractivity contribution in [2.75, 3.05) is 13.2 Å². The van der Waals surface area contributed by atoms with E-state index in [1.807, 2.05) is 27.7 Å². The molecule has 0 fully saturated rings. The lowest BCUT2D eigenvalue weighted by Gasteiger charge is -2.26. The third kappa shape index (κ3) is 5.74. The standard InChI is InChI=1S/C11H24N2O2/c1-8(5-6-14)7-13-10(15)9(12)11(2,3)4/h8-9,14H,5-7,12H2,1-4H3,(H,13,15). The molecule has 0 radical (unpaired) electrons. The summed E-state index contributed by atoms with van der Waals surface area (Å²) < 4.78 is 0. The lowest BCUT2D eigenvalue weighted by atomic mass is 9.87. The Hall–Kier alpha value is -0.610. The van der Waals surface area contributed by atoms with Crippen LogP contribution in [0.3, 0.4) is 0 Å². The molecular weight excluding hydrogens is 192 g/mol. The van der Waals surface area contributed by atoms with Gasteiger partial charge in [-0.1, -0.05) is 27.7 Å². The first-order valence-corrected chi connectivity index (χ1v) is 5.43. The van der Waals surface area contributed by atoms with E-state index in [0.29, 0.717) is 13.0 Å². The number of carbonyl (C=O) groups is 1. The molecule has 2 atom stereocenters. The molecule has 0 aliphatic carbocycles. The second-order valence-electron chi connectivity index (χ2n) is 5.21. The van der Waals surface area contributed by atoms with E-state index < -0.39 is 6.04 Å². The third-order valence-corrected chi connectivity index (χ3v) is 2.46. The molecule has 4 N–H and O–H groups in total. The minimum Gasteiger partial charge on any atom is -0.396 e. The second kappa shape index (κ2) is 6.08. The summed E-state index contributed by atoms with van der Waals surface area (Å²) in [5.74, 6) is 0.165. The topological polar surface area (TPSA) is 75.3 Å². The minimum absolute atomic E-state index is 0.118. The van der Waals surface area contributed by atoms with E-state index in [9.17, 15) is 4.79 Å². The first-order valence-electron chi connectivity index (χ1n) is 5.43. The highest BCUT2D eigenvalue weighted by molar-refractivity contribution is 5.82. The third-order valence-electron chi connectivity index (χ3n) is 2.46. The number of nitrogens with one attached hydrogen (secondary N) is 1. The predicted molar refractivity (Wildman–Crippen MR) is 61.3 cm³/mol. The van der Waals surface area contributed by atoms with Crippen LogP contribution in [0.25, 0.3) is 0 Å². The number of carbonyl (C=O) groups excluding carboxylic acids is 1. The van der Waals surface area contributed by atoms with Gasteiger partial charge in [0, 0.05) is 13.2 Å². The number of rotatable bonds is 5. The van der Waals surface area contributed by atoms with Gasteiger partial charge in [-0.2, -0.15) is 0 Å². The monoisotopic (exact) mass is 216 g/mol. The molecular formula is C11H24N2O2. The van der Waals surface area contributed by atoms with Crippen molar-refractivity contribution < 1.29 is 9.90 Å². The molecule has 0 bridgehead atoms. The van der Waals surface area contributed by atoms with Crippen molar-refractivity contribution in [1.29, 1.82) is 0 Å². The maximum atomic E-state index is 11.6. The Balaban J connectivity index is 3.94. The Morgan fingerprint density at radius 2 is 2.00 bits per heavy atom. The Morgan fingerprint density at radius 3 is 2.40 bits per heavy atom. The van der Waals surface area contributed by atoms with Crippen LogP contribution in [0, 0.1) is 11.3 Å². The molecule has 0 aliphatic heterocycles. The number of hydrogen-bond acceptors (Lipinski definition) is 3. The van der Waals surface area contributed by atoms with Crippen LogP contribution >= 0.6 is 0 Å². The first-order chi connectivity index (χ1) is 6.79. The van der Waals surface area contributed by atoms with Gasteiger partial charge in [0.25, 0.3) is 0 Å². The van der Waals surface area contributed by atoms with Gasteiger partial charge in [-0.05, 0) is 17.8 Å². The molecule has 0 spiro atoms. The summed E-state index contributed by atoms with van der Waals surface area (Å²) in [4.78, 5) is 11.6. The van der Waals surface area contributed by atoms with Crippen molar-refractivity contribution in [2.24, 2.45) is 17.1 Å². The summed E-state index contributed by atoms with van der Waals surface area (Å²) in [7, 11) is 0. The van der Waals surface area contributed by atoms with Crippen molar-refractivity contribution in [3.8, 4) is 0 Å². The summed E-state index contributed by atoms with van der Waals surface area (Å²) in [6.45, 7) is 8.53. The number of aliphatic hydroxyl groups is 1. The van der Waals surface area contributed by atoms with Crippen molar-refractivity contribution in [1.82, 2.24) is 5.32 Å². The molecule has 1 amide bonds. The molecule has 0 saturated carbocycles. The van der Waals surface area contributed by atoms with E-state index in [-0.39, 0.29) is 23.8 Å². The van der Waals surface area contributed by atoms with E-state index >= 15 is 0 Å². The van der Waals surface area contributed by atoms with Crippen LogP contribution in [0.15, 0.2) is 0 Å². The van der Waals surface area contributed by atoms with Crippen molar-refractivity contribution in [3.63, 3.8) is 0 Å². The summed E-state index contributed by atoms with van der Waals surface area (Å²) >= 11 is 0. The van der Waals surface area contributed by atoms with Crippen LogP contribution in [0.5, 0.6) is 0 Å². The van der Waals surface area contributed by atoms with Crippen LogP contribution in [0.1, 0.15) is 34.1 Å². The van der Waals surface area contributed by atoms with E-state index in [1.54, 1.807) is 0 Å². The van der Waals surface area contributed by atoms with Gasteiger partial charge in [-0.25, -0.2) is 0 Å². The van der Waals surface area contributed by atoms with Gasteiger partial charge in [0.2, 0.25) is 5.91 Å². The second-order valence-corrected chi connectivity index (χ2v) is 5.21. The maximum absolute atomic E-state index is 11.6. The van der Waals surface area contributed by atoms with Crippen LogP contribution in [0.4, 0.5) is 0 Å². The summed E-state index contributed by atoms with van der Waals surface area (Å²) in [5, 5.41) is 11.5. The minimum atomic E-state index is -0.487. The molecule has 0 heterocycles. The van der Waals surface area contributed by atoms with Crippen LogP contribution in [-0.4, -0.2) is 30.2 Å².